The van der Waals surface area contributed by atoms with Crippen molar-refractivity contribution in [3.63, 3.8) is 0 Å². The van der Waals surface area contributed by atoms with Crippen molar-refractivity contribution < 1.29 is 19.4 Å². The normalized spacial score (nSPS) is 20.7. The summed E-state index contributed by atoms with van der Waals surface area (Å²) in [5.41, 5.74) is 0. The highest BCUT2D eigenvalue weighted by molar-refractivity contribution is 5.76. The minimum Gasteiger partial charge on any atom is -0.480 e. The van der Waals surface area contributed by atoms with Gasteiger partial charge in [0.15, 0.2) is 0 Å². The van der Waals surface area contributed by atoms with Crippen LogP contribution in [0.4, 0.5) is 0 Å². The lowest BCUT2D eigenvalue weighted by molar-refractivity contribution is -0.136. The molecule has 0 aliphatic carbocycles. The molecule has 116 valence electrons. The van der Waals surface area contributed by atoms with Crippen LogP contribution in [-0.2, 0) is 14.3 Å². The van der Waals surface area contributed by atoms with E-state index in [1.807, 2.05) is 11.8 Å². The smallest absolute Gasteiger partial charge is 0.317 e. The van der Waals surface area contributed by atoms with Crippen LogP contribution in [0.15, 0.2) is 0 Å². The van der Waals surface area contributed by atoms with Crippen molar-refractivity contribution in [2.45, 2.75) is 38.7 Å². The van der Waals surface area contributed by atoms with Crippen LogP contribution in [0.3, 0.4) is 0 Å². The van der Waals surface area contributed by atoms with Gasteiger partial charge in [0.05, 0.1) is 12.6 Å². The molecular formula is C14H26N2O4. The van der Waals surface area contributed by atoms with E-state index in [4.69, 9.17) is 9.84 Å². The van der Waals surface area contributed by atoms with Crippen LogP contribution in [0.25, 0.3) is 0 Å². The molecule has 0 aromatic heterocycles. The minimum absolute atomic E-state index is 0.0181. The van der Waals surface area contributed by atoms with Gasteiger partial charge in [0.25, 0.3) is 0 Å². The van der Waals surface area contributed by atoms with E-state index in [1.165, 1.54) is 0 Å². The Morgan fingerprint density at radius 1 is 1.50 bits per heavy atom. The molecule has 0 aromatic rings. The van der Waals surface area contributed by atoms with Gasteiger partial charge in [-0.05, 0) is 32.1 Å². The second-order valence-electron chi connectivity index (χ2n) is 5.46. The van der Waals surface area contributed by atoms with Crippen molar-refractivity contribution in [1.29, 1.82) is 0 Å². The van der Waals surface area contributed by atoms with Gasteiger partial charge < -0.3 is 20.1 Å². The molecule has 1 amide bonds. The lowest BCUT2D eigenvalue weighted by Gasteiger charge is -2.33. The van der Waals surface area contributed by atoms with E-state index in [9.17, 15) is 9.59 Å². The van der Waals surface area contributed by atoms with Crippen molar-refractivity contribution in [2.24, 2.45) is 5.92 Å². The summed E-state index contributed by atoms with van der Waals surface area (Å²) >= 11 is 0. The molecule has 0 spiro atoms. The van der Waals surface area contributed by atoms with Crippen LogP contribution < -0.4 is 5.32 Å². The van der Waals surface area contributed by atoms with Crippen LogP contribution in [0.5, 0.6) is 0 Å². The van der Waals surface area contributed by atoms with E-state index in [1.54, 1.807) is 7.11 Å². The molecule has 1 heterocycles. The Balaban J connectivity index is 2.28. The Labute approximate surface area is 120 Å². The van der Waals surface area contributed by atoms with E-state index < -0.39 is 5.97 Å². The van der Waals surface area contributed by atoms with Gasteiger partial charge in [0.2, 0.25) is 5.91 Å². The van der Waals surface area contributed by atoms with Gasteiger partial charge in [-0.1, -0.05) is 0 Å². The summed E-state index contributed by atoms with van der Waals surface area (Å²) in [5, 5.41) is 11.5. The number of carboxylic acid groups (broad SMARTS) is 1. The van der Waals surface area contributed by atoms with Gasteiger partial charge in [-0.25, -0.2) is 0 Å². The highest BCUT2D eigenvalue weighted by Crippen LogP contribution is 2.17. The van der Waals surface area contributed by atoms with E-state index in [0.717, 1.165) is 32.4 Å². The molecule has 0 radical (unpaired) electrons. The first-order valence-electron chi connectivity index (χ1n) is 7.26. The Morgan fingerprint density at radius 3 is 2.90 bits per heavy atom. The second-order valence-corrected chi connectivity index (χ2v) is 5.46. The third kappa shape index (κ3) is 6.34. The molecule has 1 aliphatic rings. The van der Waals surface area contributed by atoms with Crippen molar-refractivity contribution >= 4 is 11.9 Å². The Kier molecular flexibility index (Phi) is 7.54. The molecule has 0 saturated carbocycles. The molecule has 6 nitrogen and oxygen atoms in total. The standard InChI is InChI=1S/C14H26N2O4/c1-11(20-2)5-6-13(17)16-7-3-4-12(10-16)8-15-9-14(18)19/h11-12,15H,3-10H2,1-2H3,(H,18,19). The molecule has 6 heteroatoms. The molecule has 2 atom stereocenters. The zero-order chi connectivity index (χ0) is 15.0. The summed E-state index contributed by atoms with van der Waals surface area (Å²) < 4.78 is 5.15. The van der Waals surface area contributed by atoms with Gasteiger partial charge >= 0.3 is 5.97 Å². The fourth-order valence-corrected chi connectivity index (χ4v) is 2.44. The maximum absolute atomic E-state index is 12.1. The van der Waals surface area contributed by atoms with E-state index in [2.05, 4.69) is 5.32 Å². The van der Waals surface area contributed by atoms with E-state index in [0.29, 0.717) is 18.9 Å². The maximum Gasteiger partial charge on any atom is 0.317 e. The average Bonchev–Trinajstić information content (AvgIpc) is 2.44. The number of carbonyl (C=O) groups excluding carboxylic acids is 1. The number of nitrogens with one attached hydrogen (secondary N) is 1. The van der Waals surface area contributed by atoms with Gasteiger partial charge in [-0.15, -0.1) is 0 Å². The average molecular weight is 286 g/mol. The fourth-order valence-electron chi connectivity index (χ4n) is 2.44. The van der Waals surface area contributed by atoms with Crippen molar-refractivity contribution in [3.05, 3.63) is 0 Å². The van der Waals surface area contributed by atoms with Crippen molar-refractivity contribution in [3.8, 4) is 0 Å². The molecule has 0 aromatic carbocycles. The molecule has 0 bridgehead atoms. The first kappa shape index (κ1) is 16.9. The molecule has 1 saturated heterocycles. The minimum atomic E-state index is -0.845. The first-order valence-corrected chi connectivity index (χ1v) is 7.26. The number of hydrogen-bond acceptors (Lipinski definition) is 4. The van der Waals surface area contributed by atoms with Crippen LogP contribution in [-0.4, -0.2) is 61.3 Å². The topological polar surface area (TPSA) is 78.9 Å². The second kappa shape index (κ2) is 8.92. The lowest BCUT2D eigenvalue weighted by Crippen LogP contribution is -2.43. The van der Waals surface area contributed by atoms with Crippen molar-refractivity contribution in [1.82, 2.24) is 10.2 Å². The number of nitrogens with zero attached hydrogens (tertiary/aromatic N) is 1. The summed E-state index contributed by atoms with van der Waals surface area (Å²) in [5.74, 6) is -0.314. The molecule has 2 unspecified atom stereocenters. The summed E-state index contributed by atoms with van der Waals surface area (Å²) in [4.78, 5) is 24.5. The van der Waals surface area contributed by atoms with Crippen LogP contribution in [0.1, 0.15) is 32.6 Å². The zero-order valence-corrected chi connectivity index (χ0v) is 12.4. The largest absolute Gasteiger partial charge is 0.480 e. The highest BCUT2D eigenvalue weighted by Gasteiger charge is 2.23. The van der Waals surface area contributed by atoms with Gasteiger partial charge in [-0.3, -0.25) is 9.59 Å². The zero-order valence-electron chi connectivity index (χ0n) is 12.4. The Hall–Kier alpha value is -1.14. The molecular weight excluding hydrogens is 260 g/mol. The Morgan fingerprint density at radius 2 is 2.25 bits per heavy atom. The summed E-state index contributed by atoms with van der Waals surface area (Å²) in [6, 6.07) is 0. The lowest BCUT2D eigenvalue weighted by atomic mass is 9.97. The molecule has 20 heavy (non-hydrogen) atoms. The number of likely N-dealkylation sites (tertiary alicyclic amines) is 1. The quantitative estimate of drug-likeness (QED) is 0.687. The predicted octanol–water partition coefficient (Wildman–Crippen LogP) is 0.714. The van der Waals surface area contributed by atoms with Crippen LogP contribution >= 0.6 is 0 Å². The van der Waals surface area contributed by atoms with Gasteiger partial charge in [0, 0.05) is 33.2 Å². The molecule has 2 N–H and O–H groups in total. The number of carboxylic acids is 1. The van der Waals surface area contributed by atoms with E-state index in [-0.39, 0.29) is 18.6 Å². The SMILES string of the molecule is COC(C)CCC(=O)N1CCCC(CNCC(=O)O)C1. The number of carbonyl (C=O) groups is 2. The Bertz CT molecular complexity index is 322. The van der Waals surface area contributed by atoms with E-state index >= 15 is 0 Å². The molecule has 1 rings (SSSR count). The fraction of sp³-hybridized carbons (Fsp3) is 0.857. The third-order valence-corrected chi connectivity index (χ3v) is 3.75. The number of ether oxygens (including phenoxy) is 1. The number of rotatable bonds is 8. The number of amides is 1. The number of hydrogen-bond donors (Lipinski definition) is 2. The molecule has 1 fully saturated rings. The summed E-state index contributed by atoms with van der Waals surface area (Å²) in [6.45, 7) is 4.14. The highest BCUT2D eigenvalue weighted by atomic mass is 16.5. The number of aliphatic carboxylic acids is 1. The van der Waals surface area contributed by atoms with Gasteiger partial charge in [-0.2, -0.15) is 0 Å². The van der Waals surface area contributed by atoms with Crippen molar-refractivity contribution in [2.75, 3.05) is 33.3 Å². The number of methoxy groups -OCH3 is 1. The summed E-state index contributed by atoms with van der Waals surface area (Å²) in [6.07, 6.45) is 3.41. The summed E-state index contributed by atoms with van der Waals surface area (Å²) in [7, 11) is 1.65. The first-order chi connectivity index (χ1) is 9.52. The van der Waals surface area contributed by atoms with Crippen LogP contribution in [0, 0.1) is 5.92 Å². The maximum atomic E-state index is 12.1. The monoisotopic (exact) mass is 286 g/mol. The number of piperidine rings is 1. The molecule has 1 aliphatic heterocycles. The third-order valence-electron chi connectivity index (χ3n) is 3.75. The van der Waals surface area contributed by atoms with Gasteiger partial charge in [0.1, 0.15) is 0 Å². The van der Waals surface area contributed by atoms with Crippen LogP contribution in [0.2, 0.25) is 0 Å². The predicted molar refractivity (Wildman–Crippen MR) is 75.5 cm³/mol.